The van der Waals surface area contributed by atoms with E-state index in [1.54, 1.807) is 20.8 Å². The van der Waals surface area contributed by atoms with Gasteiger partial charge in [-0.1, -0.05) is 20.8 Å². The lowest BCUT2D eigenvalue weighted by molar-refractivity contribution is -0.137. The van der Waals surface area contributed by atoms with Crippen molar-refractivity contribution in [1.82, 2.24) is 4.31 Å². The lowest BCUT2D eigenvalue weighted by atomic mass is 10.0. The number of carbonyl (C=O) groups is 1. The molecule has 1 atom stereocenters. The Balaban J connectivity index is 3.04. The molecular weight excluding hydrogens is 306 g/mol. The van der Waals surface area contributed by atoms with Crippen molar-refractivity contribution in [2.45, 2.75) is 33.2 Å². The maximum absolute atomic E-state index is 12.3. The van der Waals surface area contributed by atoms with Gasteiger partial charge in [0.15, 0.2) is 9.84 Å². The van der Waals surface area contributed by atoms with Crippen LogP contribution in [0.25, 0.3) is 0 Å². The van der Waals surface area contributed by atoms with Gasteiger partial charge < -0.3 is 5.11 Å². The smallest absolute Gasteiger partial charge is 0.305 e. The van der Waals surface area contributed by atoms with Crippen molar-refractivity contribution in [2.75, 3.05) is 23.8 Å². The molecule has 118 valence electrons. The Morgan fingerprint density at radius 3 is 2.35 bits per heavy atom. The molecule has 0 radical (unpaired) electrons. The largest absolute Gasteiger partial charge is 0.481 e. The topological polar surface area (TPSA) is 109 Å². The maximum Gasteiger partial charge on any atom is 0.305 e. The lowest BCUT2D eigenvalue weighted by Crippen LogP contribution is -2.53. The Hall–Kier alpha value is -0.670. The van der Waals surface area contributed by atoms with Crippen LogP contribution in [0.2, 0.25) is 0 Å². The molecule has 1 N–H and O–H groups in total. The Labute approximate surface area is 119 Å². The molecular formula is C11H21NO6S2. The second-order valence-electron chi connectivity index (χ2n) is 6.29. The quantitative estimate of drug-likeness (QED) is 0.774. The standard InChI is InChI=1S/C11H21NO6S2/c1-11(2,3)8-20(17,18)12-4-5-19(15,16)7-9(12)6-10(13)14/h9H,4-8H2,1-3H3,(H,13,14). The predicted octanol–water partition coefficient (Wildman–Crippen LogP) is -0.0640. The lowest BCUT2D eigenvalue weighted by Gasteiger charge is -2.35. The van der Waals surface area contributed by atoms with E-state index < -0.39 is 49.5 Å². The highest BCUT2D eigenvalue weighted by Gasteiger charge is 2.40. The summed E-state index contributed by atoms with van der Waals surface area (Å²) >= 11 is 0. The molecule has 0 aromatic rings. The molecule has 20 heavy (non-hydrogen) atoms. The third kappa shape index (κ3) is 5.02. The van der Waals surface area contributed by atoms with Gasteiger partial charge in [-0.05, 0) is 5.41 Å². The second kappa shape index (κ2) is 5.61. The van der Waals surface area contributed by atoms with Gasteiger partial charge in [-0.2, -0.15) is 4.31 Å². The molecule has 0 aromatic carbocycles. The number of hydrogen-bond donors (Lipinski definition) is 1. The summed E-state index contributed by atoms with van der Waals surface area (Å²) in [5, 5.41) is 8.84. The van der Waals surface area contributed by atoms with Gasteiger partial charge in [-0.3, -0.25) is 4.79 Å². The highest BCUT2D eigenvalue weighted by Crippen LogP contribution is 2.24. The minimum absolute atomic E-state index is 0.143. The van der Waals surface area contributed by atoms with E-state index in [9.17, 15) is 21.6 Å². The zero-order valence-electron chi connectivity index (χ0n) is 11.9. The minimum Gasteiger partial charge on any atom is -0.481 e. The molecule has 0 saturated carbocycles. The average molecular weight is 327 g/mol. The summed E-state index contributed by atoms with van der Waals surface area (Å²) in [6.07, 6.45) is -0.497. The van der Waals surface area contributed by atoms with E-state index in [4.69, 9.17) is 5.11 Å². The number of sulfonamides is 1. The maximum atomic E-state index is 12.3. The summed E-state index contributed by atoms with van der Waals surface area (Å²) in [7, 11) is -7.06. The number of aliphatic carboxylic acids is 1. The fourth-order valence-corrected chi connectivity index (χ4v) is 6.20. The van der Waals surface area contributed by atoms with E-state index in [1.807, 2.05) is 0 Å². The summed E-state index contributed by atoms with van der Waals surface area (Å²) in [6.45, 7) is 5.12. The second-order valence-corrected chi connectivity index (χ2v) is 10.4. The molecule has 1 aliphatic rings. The van der Waals surface area contributed by atoms with Crippen LogP contribution < -0.4 is 0 Å². The summed E-state index contributed by atoms with van der Waals surface area (Å²) in [6, 6.07) is -1.02. The predicted molar refractivity (Wildman–Crippen MR) is 74.6 cm³/mol. The van der Waals surface area contributed by atoms with Crippen molar-refractivity contribution >= 4 is 25.8 Å². The van der Waals surface area contributed by atoms with E-state index in [0.717, 1.165) is 4.31 Å². The van der Waals surface area contributed by atoms with E-state index in [1.165, 1.54) is 0 Å². The fourth-order valence-electron chi connectivity index (χ4n) is 2.23. The third-order valence-corrected chi connectivity index (χ3v) is 6.98. The van der Waals surface area contributed by atoms with Crippen LogP contribution in [-0.2, 0) is 24.7 Å². The minimum atomic E-state index is -3.68. The number of sulfone groups is 1. The van der Waals surface area contributed by atoms with Crippen LogP contribution in [0.3, 0.4) is 0 Å². The Bertz CT molecular complexity index is 573. The highest BCUT2D eigenvalue weighted by molar-refractivity contribution is 7.92. The van der Waals surface area contributed by atoms with Crippen LogP contribution in [-0.4, -0.2) is 62.1 Å². The van der Waals surface area contributed by atoms with Gasteiger partial charge in [0, 0.05) is 12.6 Å². The van der Waals surface area contributed by atoms with Crippen LogP contribution >= 0.6 is 0 Å². The van der Waals surface area contributed by atoms with E-state index in [0.29, 0.717) is 0 Å². The van der Waals surface area contributed by atoms with E-state index in [-0.39, 0.29) is 18.1 Å². The fraction of sp³-hybridized carbons (Fsp3) is 0.909. The molecule has 0 spiro atoms. The first-order valence-electron chi connectivity index (χ1n) is 6.24. The Kier molecular flexibility index (Phi) is 4.87. The normalized spacial score (nSPS) is 24.4. The number of carboxylic acid groups (broad SMARTS) is 1. The highest BCUT2D eigenvalue weighted by atomic mass is 32.2. The average Bonchev–Trinajstić information content (AvgIpc) is 2.09. The van der Waals surface area contributed by atoms with Crippen molar-refractivity contribution in [2.24, 2.45) is 5.41 Å². The van der Waals surface area contributed by atoms with Crippen molar-refractivity contribution in [3.8, 4) is 0 Å². The van der Waals surface area contributed by atoms with Crippen molar-refractivity contribution < 1.29 is 26.7 Å². The number of nitrogens with zero attached hydrogens (tertiary/aromatic N) is 1. The van der Waals surface area contributed by atoms with Gasteiger partial charge in [-0.25, -0.2) is 16.8 Å². The molecule has 1 heterocycles. The van der Waals surface area contributed by atoms with Gasteiger partial charge in [0.05, 0.1) is 23.7 Å². The van der Waals surface area contributed by atoms with Crippen LogP contribution in [0.5, 0.6) is 0 Å². The SMILES string of the molecule is CC(C)(C)CS(=O)(=O)N1CCS(=O)(=O)CC1CC(=O)O. The Morgan fingerprint density at radius 2 is 1.90 bits per heavy atom. The van der Waals surface area contributed by atoms with Gasteiger partial charge in [0.2, 0.25) is 10.0 Å². The molecule has 9 heteroatoms. The zero-order chi connectivity index (χ0) is 15.8. The molecule has 1 saturated heterocycles. The first-order valence-corrected chi connectivity index (χ1v) is 9.67. The van der Waals surface area contributed by atoms with Crippen LogP contribution in [0, 0.1) is 5.41 Å². The molecule has 1 aliphatic heterocycles. The molecule has 1 rings (SSSR count). The number of hydrogen-bond acceptors (Lipinski definition) is 5. The molecule has 0 aromatic heterocycles. The molecule has 0 bridgehead atoms. The third-order valence-electron chi connectivity index (χ3n) is 2.86. The number of rotatable bonds is 4. The van der Waals surface area contributed by atoms with Crippen LogP contribution in [0.4, 0.5) is 0 Å². The van der Waals surface area contributed by atoms with E-state index in [2.05, 4.69) is 0 Å². The Morgan fingerprint density at radius 1 is 1.35 bits per heavy atom. The van der Waals surface area contributed by atoms with Gasteiger partial charge >= 0.3 is 5.97 Å². The first-order chi connectivity index (χ1) is 8.82. The van der Waals surface area contributed by atoms with E-state index >= 15 is 0 Å². The molecule has 7 nitrogen and oxygen atoms in total. The molecule has 0 aliphatic carbocycles. The van der Waals surface area contributed by atoms with Gasteiger partial charge in [-0.15, -0.1) is 0 Å². The molecule has 1 fully saturated rings. The summed E-state index contributed by atoms with van der Waals surface area (Å²) < 4.78 is 48.9. The van der Waals surface area contributed by atoms with Gasteiger partial charge in [0.25, 0.3) is 0 Å². The summed E-state index contributed by atoms with van der Waals surface area (Å²) in [5.74, 6) is -2.03. The summed E-state index contributed by atoms with van der Waals surface area (Å²) in [5.41, 5.74) is -0.483. The van der Waals surface area contributed by atoms with Crippen LogP contribution in [0.1, 0.15) is 27.2 Å². The summed E-state index contributed by atoms with van der Waals surface area (Å²) in [4.78, 5) is 10.8. The first kappa shape index (κ1) is 17.4. The van der Waals surface area contributed by atoms with Crippen LogP contribution in [0.15, 0.2) is 0 Å². The van der Waals surface area contributed by atoms with Gasteiger partial charge in [0.1, 0.15) is 0 Å². The molecule has 0 amide bonds. The number of carboxylic acids is 1. The van der Waals surface area contributed by atoms with Crippen molar-refractivity contribution in [1.29, 1.82) is 0 Å². The van der Waals surface area contributed by atoms with Crippen molar-refractivity contribution in [3.05, 3.63) is 0 Å². The molecule has 1 unspecified atom stereocenters. The monoisotopic (exact) mass is 327 g/mol. The van der Waals surface area contributed by atoms with Crippen molar-refractivity contribution in [3.63, 3.8) is 0 Å². The zero-order valence-corrected chi connectivity index (χ0v) is 13.5.